The largest absolute Gasteiger partial charge is 0.324 e. The summed E-state index contributed by atoms with van der Waals surface area (Å²) in [5.41, 5.74) is 6.81. The molecule has 2 rings (SSSR count). The van der Waals surface area contributed by atoms with Gasteiger partial charge in [-0.2, -0.15) is 0 Å². The van der Waals surface area contributed by atoms with Crippen molar-refractivity contribution >= 4 is 0 Å². The molecule has 21 heavy (non-hydrogen) atoms. The predicted octanol–water partition coefficient (Wildman–Crippen LogP) is 3.97. The number of halogens is 1. The van der Waals surface area contributed by atoms with Crippen molar-refractivity contribution in [1.29, 1.82) is 0 Å². The Kier molecular flexibility index (Phi) is 6.19. The predicted molar refractivity (Wildman–Crippen MR) is 86.6 cm³/mol. The minimum Gasteiger partial charge on any atom is -0.324 e. The lowest BCUT2D eigenvalue weighted by Gasteiger charge is -2.23. The van der Waals surface area contributed by atoms with Crippen LogP contribution < -0.4 is 5.73 Å². The highest BCUT2D eigenvalue weighted by molar-refractivity contribution is 5.20. The summed E-state index contributed by atoms with van der Waals surface area (Å²) in [6.07, 6.45) is 4.73. The fraction of sp³-hybridized carbons (Fsp3) is 0.667. The van der Waals surface area contributed by atoms with Gasteiger partial charge in [-0.15, -0.1) is 0 Å². The lowest BCUT2D eigenvalue weighted by Crippen LogP contribution is -2.29. The van der Waals surface area contributed by atoms with Gasteiger partial charge in [0.05, 0.1) is 0 Å². The second-order valence-corrected chi connectivity index (χ2v) is 6.69. The fourth-order valence-corrected chi connectivity index (χ4v) is 3.32. The molecule has 1 fully saturated rings. The molecule has 2 atom stereocenters. The van der Waals surface area contributed by atoms with E-state index in [1.54, 1.807) is 12.1 Å². The lowest BCUT2D eigenvalue weighted by atomic mass is 9.89. The molecule has 0 aliphatic carbocycles. The number of likely N-dealkylation sites (tertiary alicyclic amines) is 1. The molecule has 2 unspecified atom stereocenters. The van der Waals surface area contributed by atoms with E-state index in [0.717, 1.165) is 37.9 Å². The molecule has 0 saturated carbocycles. The Morgan fingerprint density at radius 1 is 1.24 bits per heavy atom. The third-order valence-corrected chi connectivity index (χ3v) is 4.87. The third kappa shape index (κ3) is 4.79. The molecule has 3 heteroatoms. The Labute approximate surface area is 128 Å². The quantitative estimate of drug-likeness (QED) is 0.889. The van der Waals surface area contributed by atoms with Crippen molar-refractivity contribution in [2.24, 2.45) is 17.6 Å². The van der Waals surface area contributed by atoms with Crippen molar-refractivity contribution in [1.82, 2.24) is 4.90 Å². The number of nitrogens with zero attached hydrogens (tertiary/aromatic N) is 1. The average Bonchev–Trinajstić information content (AvgIpc) is 2.71. The molecule has 1 aromatic carbocycles. The molecule has 0 aromatic heterocycles. The van der Waals surface area contributed by atoms with E-state index in [0.29, 0.717) is 5.56 Å². The first kappa shape index (κ1) is 16.4. The van der Waals surface area contributed by atoms with Crippen LogP contribution in [-0.4, -0.2) is 24.5 Å². The average molecular weight is 292 g/mol. The molecule has 1 aliphatic rings. The van der Waals surface area contributed by atoms with Gasteiger partial charge in [0.2, 0.25) is 0 Å². The first-order valence-corrected chi connectivity index (χ1v) is 8.30. The summed E-state index contributed by atoms with van der Waals surface area (Å²) in [7, 11) is 0. The minimum atomic E-state index is -0.199. The standard InChI is InChI=1S/C18H29FN2/c1-14(2)15-6-5-11-21(12-9-15)13-10-18(20)16-7-3-4-8-17(16)19/h3-4,7-8,14-15,18H,5-6,9-13,20H2,1-2H3. The van der Waals surface area contributed by atoms with Crippen LogP contribution in [0.25, 0.3) is 0 Å². The van der Waals surface area contributed by atoms with Crippen LogP contribution in [-0.2, 0) is 0 Å². The third-order valence-electron chi connectivity index (χ3n) is 4.87. The zero-order valence-electron chi connectivity index (χ0n) is 13.4. The van der Waals surface area contributed by atoms with Gasteiger partial charge in [-0.25, -0.2) is 4.39 Å². The van der Waals surface area contributed by atoms with Crippen LogP contribution in [0.5, 0.6) is 0 Å². The highest BCUT2D eigenvalue weighted by atomic mass is 19.1. The van der Waals surface area contributed by atoms with Gasteiger partial charge in [-0.3, -0.25) is 0 Å². The maximum absolute atomic E-state index is 13.7. The molecule has 1 saturated heterocycles. The van der Waals surface area contributed by atoms with Crippen LogP contribution in [0.4, 0.5) is 4.39 Å². The SMILES string of the molecule is CC(C)C1CCCN(CCC(N)c2ccccc2F)CC1. The minimum absolute atomic E-state index is 0.180. The van der Waals surface area contributed by atoms with Crippen molar-refractivity contribution in [3.05, 3.63) is 35.6 Å². The van der Waals surface area contributed by atoms with Gasteiger partial charge in [0.15, 0.2) is 0 Å². The molecular weight excluding hydrogens is 263 g/mol. The molecule has 0 bridgehead atoms. The van der Waals surface area contributed by atoms with E-state index < -0.39 is 0 Å². The highest BCUT2D eigenvalue weighted by Crippen LogP contribution is 2.25. The number of hydrogen-bond acceptors (Lipinski definition) is 2. The van der Waals surface area contributed by atoms with Crippen LogP contribution in [0.1, 0.15) is 51.1 Å². The van der Waals surface area contributed by atoms with Gasteiger partial charge in [0.25, 0.3) is 0 Å². The van der Waals surface area contributed by atoms with Crippen LogP contribution in [0.15, 0.2) is 24.3 Å². The topological polar surface area (TPSA) is 29.3 Å². The monoisotopic (exact) mass is 292 g/mol. The molecule has 0 amide bonds. The zero-order valence-corrected chi connectivity index (χ0v) is 13.4. The second kappa shape index (κ2) is 7.90. The molecule has 0 radical (unpaired) electrons. The van der Waals surface area contributed by atoms with E-state index in [-0.39, 0.29) is 11.9 Å². The van der Waals surface area contributed by atoms with Crippen molar-refractivity contribution in [2.45, 2.75) is 45.6 Å². The summed E-state index contributed by atoms with van der Waals surface area (Å²) in [5.74, 6) is 1.46. The normalized spacial score (nSPS) is 22.2. The molecule has 118 valence electrons. The van der Waals surface area contributed by atoms with E-state index in [1.807, 2.05) is 6.07 Å². The van der Waals surface area contributed by atoms with Gasteiger partial charge in [-0.1, -0.05) is 32.0 Å². The van der Waals surface area contributed by atoms with Crippen molar-refractivity contribution in [2.75, 3.05) is 19.6 Å². The van der Waals surface area contributed by atoms with Gasteiger partial charge in [0, 0.05) is 11.6 Å². The van der Waals surface area contributed by atoms with E-state index in [1.165, 1.54) is 25.3 Å². The van der Waals surface area contributed by atoms with E-state index in [2.05, 4.69) is 18.7 Å². The van der Waals surface area contributed by atoms with Crippen LogP contribution in [0, 0.1) is 17.7 Å². The number of benzene rings is 1. The van der Waals surface area contributed by atoms with E-state index in [4.69, 9.17) is 5.73 Å². The van der Waals surface area contributed by atoms with Crippen molar-refractivity contribution in [3.63, 3.8) is 0 Å². The summed E-state index contributed by atoms with van der Waals surface area (Å²) in [6, 6.07) is 6.67. The molecule has 1 aliphatic heterocycles. The van der Waals surface area contributed by atoms with Crippen molar-refractivity contribution in [3.8, 4) is 0 Å². The number of hydrogen-bond donors (Lipinski definition) is 1. The zero-order chi connectivity index (χ0) is 15.2. The van der Waals surface area contributed by atoms with Crippen molar-refractivity contribution < 1.29 is 4.39 Å². The lowest BCUT2D eigenvalue weighted by molar-refractivity contribution is 0.262. The summed E-state index contributed by atoms with van der Waals surface area (Å²) in [4.78, 5) is 2.50. The fourth-order valence-electron chi connectivity index (χ4n) is 3.32. The Morgan fingerprint density at radius 2 is 2.00 bits per heavy atom. The summed E-state index contributed by atoms with van der Waals surface area (Å²) in [6.45, 7) is 7.95. The maximum atomic E-state index is 13.7. The second-order valence-electron chi connectivity index (χ2n) is 6.69. The van der Waals surface area contributed by atoms with Crippen LogP contribution in [0.2, 0.25) is 0 Å². The first-order valence-electron chi connectivity index (χ1n) is 8.30. The summed E-state index contributed by atoms with van der Waals surface area (Å²) < 4.78 is 13.7. The van der Waals surface area contributed by atoms with Gasteiger partial charge in [0.1, 0.15) is 5.82 Å². The Morgan fingerprint density at radius 3 is 2.71 bits per heavy atom. The molecule has 1 aromatic rings. The van der Waals surface area contributed by atoms with E-state index in [9.17, 15) is 4.39 Å². The molecule has 1 heterocycles. The Bertz CT molecular complexity index is 433. The molecular formula is C18H29FN2. The smallest absolute Gasteiger partial charge is 0.127 e. The summed E-state index contributed by atoms with van der Waals surface area (Å²) >= 11 is 0. The molecule has 2 N–H and O–H groups in total. The van der Waals surface area contributed by atoms with Crippen LogP contribution >= 0.6 is 0 Å². The van der Waals surface area contributed by atoms with Gasteiger partial charge in [-0.05, 0) is 63.2 Å². The first-order chi connectivity index (χ1) is 10.1. The number of nitrogens with two attached hydrogens (primary N) is 1. The van der Waals surface area contributed by atoms with Gasteiger partial charge < -0.3 is 10.6 Å². The maximum Gasteiger partial charge on any atom is 0.127 e. The summed E-state index contributed by atoms with van der Waals surface area (Å²) in [5, 5.41) is 0. The molecule has 0 spiro atoms. The molecule has 2 nitrogen and oxygen atoms in total. The van der Waals surface area contributed by atoms with E-state index >= 15 is 0 Å². The van der Waals surface area contributed by atoms with Gasteiger partial charge >= 0.3 is 0 Å². The Balaban J connectivity index is 1.82. The highest BCUT2D eigenvalue weighted by Gasteiger charge is 2.20. The van der Waals surface area contributed by atoms with Crippen LogP contribution in [0.3, 0.4) is 0 Å². The number of rotatable bonds is 5. The Hall–Kier alpha value is -0.930.